The number of methoxy groups -OCH3 is 1. The fourth-order valence-corrected chi connectivity index (χ4v) is 2.35. The summed E-state index contributed by atoms with van der Waals surface area (Å²) in [7, 11) is 1.55. The van der Waals surface area contributed by atoms with Gasteiger partial charge in [-0.15, -0.1) is 0 Å². The zero-order chi connectivity index (χ0) is 18.2. The Hall–Kier alpha value is -2.60. The van der Waals surface area contributed by atoms with Gasteiger partial charge in [0.15, 0.2) is 11.5 Å². The van der Waals surface area contributed by atoms with Crippen LogP contribution in [0.3, 0.4) is 0 Å². The van der Waals surface area contributed by atoms with E-state index in [1.54, 1.807) is 31.5 Å². The van der Waals surface area contributed by atoms with Gasteiger partial charge in [0.1, 0.15) is 0 Å². The predicted molar refractivity (Wildman–Crippen MR) is 97.0 cm³/mol. The van der Waals surface area contributed by atoms with Gasteiger partial charge in [-0.1, -0.05) is 12.1 Å². The Balaban J connectivity index is 2.18. The number of pyridine rings is 1. The third kappa shape index (κ3) is 4.93. The van der Waals surface area contributed by atoms with Gasteiger partial charge < -0.3 is 20.5 Å². The van der Waals surface area contributed by atoms with Crippen molar-refractivity contribution in [3.63, 3.8) is 0 Å². The van der Waals surface area contributed by atoms with E-state index < -0.39 is 0 Å². The van der Waals surface area contributed by atoms with Crippen LogP contribution >= 0.6 is 0 Å². The number of nitrogens with zero attached hydrogens (tertiary/aromatic N) is 1. The molecular weight excluding hydrogens is 318 g/mol. The Labute approximate surface area is 148 Å². The molecule has 1 amide bonds. The number of aryl methyl sites for hydroxylation is 1. The molecule has 0 radical (unpaired) electrons. The van der Waals surface area contributed by atoms with Crippen LogP contribution in [0.2, 0.25) is 0 Å². The standard InChI is InChI=1S/C19H25N3O3/c1-13-8-9-15(12-21-13)14(2)22-19(23)16-6-4-7-17(24-3)18(16)25-11-5-10-20/h4,6-9,12,14H,5,10-11,20H2,1-3H3,(H,22,23). The van der Waals surface area contributed by atoms with Gasteiger partial charge in [-0.05, 0) is 50.6 Å². The lowest BCUT2D eigenvalue weighted by atomic mass is 10.1. The highest BCUT2D eigenvalue weighted by atomic mass is 16.5. The van der Waals surface area contributed by atoms with E-state index in [-0.39, 0.29) is 11.9 Å². The first-order valence-corrected chi connectivity index (χ1v) is 8.30. The molecule has 25 heavy (non-hydrogen) atoms. The minimum atomic E-state index is -0.227. The molecule has 0 saturated heterocycles. The zero-order valence-corrected chi connectivity index (χ0v) is 14.9. The average Bonchev–Trinajstić information content (AvgIpc) is 2.62. The minimum Gasteiger partial charge on any atom is -0.493 e. The lowest BCUT2D eigenvalue weighted by Gasteiger charge is -2.18. The summed E-state index contributed by atoms with van der Waals surface area (Å²) >= 11 is 0. The smallest absolute Gasteiger partial charge is 0.255 e. The van der Waals surface area contributed by atoms with Crippen LogP contribution in [0.15, 0.2) is 36.5 Å². The van der Waals surface area contributed by atoms with Gasteiger partial charge >= 0.3 is 0 Å². The van der Waals surface area contributed by atoms with E-state index in [1.165, 1.54) is 0 Å². The number of hydrogen-bond acceptors (Lipinski definition) is 5. The van der Waals surface area contributed by atoms with Crippen LogP contribution < -0.4 is 20.5 Å². The molecule has 0 aliphatic carbocycles. The van der Waals surface area contributed by atoms with Crippen molar-refractivity contribution in [3.8, 4) is 11.5 Å². The number of para-hydroxylation sites is 1. The number of nitrogens with one attached hydrogen (secondary N) is 1. The molecule has 6 nitrogen and oxygen atoms in total. The molecule has 0 fully saturated rings. The van der Waals surface area contributed by atoms with Crippen LogP contribution in [-0.2, 0) is 0 Å². The molecule has 134 valence electrons. The van der Waals surface area contributed by atoms with Gasteiger partial charge in [0.05, 0.1) is 25.3 Å². The molecule has 0 saturated carbocycles. The maximum absolute atomic E-state index is 12.7. The summed E-state index contributed by atoms with van der Waals surface area (Å²) in [6.07, 6.45) is 2.47. The normalized spacial score (nSPS) is 11.7. The SMILES string of the molecule is COc1cccc(C(=O)NC(C)c2ccc(C)nc2)c1OCCCN. The molecule has 2 rings (SSSR count). The number of hydrogen-bond donors (Lipinski definition) is 2. The number of carbonyl (C=O) groups excluding carboxylic acids is 1. The highest BCUT2D eigenvalue weighted by Gasteiger charge is 2.19. The number of amides is 1. The molecule has 3 N–H and O–H groups in total. The van der Waals surface area contributed by atoms with Crippen molar-refractivity contribution in [1.29, 1.82) is 0 Å². The Kier molecular flexibility index (Phi) is 6.77. The van der Waals surface area contributed by atoms with E-state index in [0.717, 1.165) is 11.3 Å². The van der Waals surface area contributed by atoms with Crippen LogP contribution in [0, 0.1) is 6.92 Å². The van der Waals surface area contributed by atoms with Crippen LogP contribution in [-0.4, -0.2) is 31.2 Å². The summed E-state index contributed by atoms with van der Waals surface area (Å²) in [6.45, 7) is 4.79. The monoisotopic (exact) mass is 343 g/mol. The minimum absolute atomic E-state index is 0.177. The summed E-state index contributed by atoms with van der Waals surface area (Å²) in [4.78, 5) is 17.0. The van der Waals surface area contributed by atoms with Crippen molar-refractivity contribution in [3.05, 3.63) is 53.3 Å². The molecule has 0 aliphatic heterocycles. The molecule has 0 spiro atoms. The van der Waals surface area contributed by atoms with Gasteiger partial charge in [0.25, 0.3) is 5.91 Å². The summed E-state index contributed by atoms with van der Waals surface area (Å²) < 4.78 is 11.1. The number of ether oxygens (including phenoxy) is 2. The predicted octanol–water partition coefficient (Wildman–Crippen LogP) is 2.62. The Morgan fingerprint density at radius 1 is 1.32 bits per heavy atom. The Bertz CT molecular complexity index is 702. The second-order valence-corrected chi connectivity index (χ2v) is 5.76. The fourth-order valence-electron chi connectivity index (χ4n) is 2.35. The van der Waals surface area contributed by atoms with Gasteiger partial charge in [-0.2, -0.15) is 0 Å². The maximum Gasteiger partial charge on any atom is 0.255 e. The van der Waals surface area contributed by atoms with Crippen molar-refractivity contribution in [2.24, 2.45) is 5.73 Å². The number of rotatable bonds is 8. The molecule has 1 aromatic carbocycles. The second-order valence-electron chi connectivity index (χ2n) is 5.76. The average molecular weight is 343 g/mol. The summed E-state index contributed by atoms with van der Waals surface area (Å²) in [5.41, 5.74) is 7.81. The Morgan fingerprint density at radius 3 is 2.76 bits per heavy atom. The molecule has 6 heteroatoms. The number of carbonyl (C=O) groups is 1. The second kappa shape index (κ2) is 9.03. The molecule has 1 heterocycles. The van der Waals surface area contributed by atoms with Crippen molar-refractivity contribution >= 4 is 5.91 Å². The quantitative estimate of drug-likeness (QED) is 0.720. The van der Waals surface area contributed by atoms with Crippen molar-refractivity contribution in [1.82, 2.24) is 10.3 Å². The molecule has 1 atom stereocenters. The van der Waals surface area contributed by atoms with Crippen LogP contribution in [0.25, 0.3) is 0 Å². The largest absolute Gasteiger partial charge is 0.493 e. The Morgan fingerprint density at radius 2 is 2.12 bits per heavy atom. The maximum atomic E-state index is 12.7. The van der Waals surface area contributed by atoms with Gasteiger partial charge in [-0.3, -0.25) is 9.78 Å². The third-order valence-corrected chi connectivity index (χ3v) is 3.82. The number of aromatic nitrogens is 1. The van der Waals surface area contributed by atoms with E-state index in [0.29, 0.717) is 36.6 Å². The lowest BCUT2D eigenvalue weighted by Crippen LogP contribution is -2.27. The van der Waals surface area contributed by atoms with Crippen LogP contribution in [0.1, 0.15) is 41.0 Å². The zero-order valence-electron chi connectivity index (χ0n) is 14.9. The first-order valence-electron chi connectivity index (χ1n) is 8.30. The van der Waals surface area contributed by atoms with Gasteiger partial charge in [-0.25, -0.2) is 0 Å². The van der Waals surface area contributed by atoms with Crippen molar-refractivity contribution in [2.45, 2.75) is 26.3 Å². The van der Waals surface area contributed by atoms with E-state index >= 15 is 0 Å². The van der Waals surface area contributed by atoms with Crippen LogP contribution in [0.4, 0.5) is 0 Å². The fraction of sp³-hybridized carbons (Fsp3) is 0.368. The lowest BCUT2D eigenvalue weighted by molar-refractivity contribution is 0.0935. The van der Waals surface area contributed by atoms with Crippen molar-refractivity contribution in [2.75, 3.05) is 20.3 Å². The van der Waals surface area contributed by atoms with E-state index in [4.69, 9.17) is 15.2 Å². The first-order chi connectivity index (χ1) is 12.1. The topological polar surface area (TPSA) is 86.5 Å². The highest BCUT2D eigenvalue weighted by Crippen LogP contribution is 2.31. The molecule has 2 aromatic rings. The highest BCUT2D eigenvalue weighted by molar-refractivity contribution is 5.98. The van der Waals surface area contributed by atoms with E-state index in [2.05, 4.69) is 10.3 Å². The molecule has 1 aromatic heterocycles. The number of benzene rings is 1. The third-order valence-electron chi connectivity index (χ3n) is 3.82. The first kappa shape index (κ1) is 18.7. The van der Waals surface area contributed by atoms with Gasteiger partial charge in [0, 0.05) is 11.9 Å². The van der Waals surface area contributed by atoms with Gasteiger partial charge in [0.2, 0.25) is 0 Å². The number of nitrogens with two attached hydrogens (primary N) is 1. The molecule has 0 aliphatic rings. The summed E-state index contributed by atoms with van der Waals surface area (Å²) in [5, 5.41) is 2.97. The van der Waals surface area contributed by atoms with E-state index in [9.17, 15) is 4.79 Å². The van der Waals surface area contributed by atoms with Crippen molar-refractivity contribution < 1.29 is 14.3 Å². The summed E-state index contributed by atoms with van der Waals surface area (Å²) in [5.74, 6) is 0.731. The summed E-state index contributed by atoms with van der Waals surface area (Å²) in [6, 6.07) is 8.95. The molecule has 0 bridgehead atoms. The van der Waals surface area contributed by atoms with E-state index in [1.807, 2.05) is 26.0 Å². The molecule has 1 unspecified atom stereocenters. The molecular formula is C19H25N3O3. The van der Waals surface area contributed by atoms with Crippen LogP contribution in [0.5, 0.6) is 11.5 Å².